The third kappa shape index (κ3) is 6.17. The lowest BCUT2D eigenvalue weighted by atomic mass is 10.1. The molecule has 2 aliphatic heterocycles. The van der Waals surface area contributed by atoms with Gasteiger partial charge in [0, 0.05) is 31.1 Å². The maximum absolute atomic E-state index is 13.3. The van der Waals surface area contributed by atoms with Crippen molar-refractivity contribution in [3.05, 3.63) is 80.8 Å². The van der Waals surface area contributed by atoms with Gasteiger partial charge in [0.2, 0.25) is 0 Å². The summed E-state index contributed by atoms with van der Waals surface area (Å²) >= 11 is 7.72. The van der Waals surface area contributed by atoms with Gasteiger partial charge in [0.25, 0.3) is 11.8 Å². The lowest BCUT2D eigenvalue weighted by Gasteiger charge is -2.23. The average molecular weight is 569 g/mol. The fourth-order valence-corrected chi connectivity index (χ4v) is 6.07. The molecule has 0 bridgehead atoms. The first-order chi connectivity index (χ1) is 18.9. The number of benzene rings is 2. The predicted molar refractivity (Wildman–Crippen MR) is 147 cm³/mol. The van der Waals surface area contributed by atoms with Crippen LogP contribution in [-0.2, 0) is 11.3 Å². The van der Waals surface area contributed by atoms with Crippen molar-refractivity contribution in [3.63, 3.8) is 0 Å². The van der Waals surface area contributed by atoms with Gasteiger partial charge in [0.1, 0.15) is 23.1 Å². The number of carbonyl (C=O) groups excluding carboxylic acids is 3. The molecular formula is C28H29ClN4O5S. The van der Waals surface area contributed by atoms with Gasteiger partial charge in [-0.3, -0.25) is 9.59 Å². The van der Waals surface area contributed by atoms with Crippen LogP contribution in [0.15, 0.2) is 53.9 Å². The molecule has 1 unspecified atom stereocenters. The molecule has 0 aliphatic carbocycles. The molecule has 2 atom stereocenters. The number of halogens is 1. The number of hydrogen-bond acceptors (Lipinski definition) is 7. The van der Waals surface area contributed by atoms with Crippen molar-refractivity contribution >= 4 is 40.8 Å². The van der Waals surface area contributed by atoms with E-state index in [0.717, 1.165) is 18.4 Å². The van der Waals surface area contributed by atoms with Crippen molar-refractivity contribution in [2.75, 3.05) is 26.7 Å². The molecule has 2 aromatic carbocycles. The van der Waals surface area contributed by atoms with Crippen molar-refractivity contribution in [1.29, 1.82) is 0 Å². The molecule has 0 saturated carbocycles. The lowest BCUT2D eigenvalue weighted by Crippen LogP contribution is -2.38. The van der Waals surface area contributed by atoms with Gasteiger partial charge < -0.3 is 24.6 Å². The Kier molecular flexibility index (Phi) is 8.33. The number of carbonyl (C=O) groups is 3. The van der Waals surface area contributed by atoms with E-state index in [-0.39, 0.29) is 30.5 Å². The number of hydrogen-bond donors (Lipinski definition) is 1. The Morgan fingerprint density at radius 2 is 1.95 bits per heavy atom. The normalized spacial score (nSPS) is 18.7. The van der Waals surface area contributed by atoms with E-state index < -0.39 is 6.09 Å². The van der Waals surface area contributed by atoms with Crippen LogP contribution in [0.3, 0.4) is 0 Å². The third-order valence-electron chi connectivity index (χ3n) is 6.95. The summed E-state index contributed by atoms with van der Waals surface area (Å²) in [6, 6.07) is 14.1. The fourth-order valence-electron chi connectivity index (χ4n) is 4.88. The molecule has 2 saturated heterocycles. The summed E-state index contributed by atoms with van der Waals surface area (Å²) in [5.74, 6) is 0.118. The highest BCUT2D eigenvalue weighted by molar-refractivity contribution is 7.09. The molecule has 3 aromatic rings. The van der Waals surface area contributed by atoms with E-state index in [0.29, 0.717) is 53.1 Å². The van der Waals surface area contributed by atoms with Crippen LogP contribution < -0.4 is 10.1 Å². The van der Waals surface area contributed by atoms with Gasteiger partial charge in [-0.15, -0.1) is 11.3 Å². The number of aromatic nitrogens is 1. The standard InChI is InChI=1S/C28H29ClN4O5S/c1-37-20-9-10-21(22(29)14-20)27(35)33-12-5-8-24(33)26-31-23(17-39-26)25(34)30-19-11-13-32(15-19)28(36)38-16-18-6-3-2-4-7-18/h2-4,6-7,9-10,14,17,19,24H,5,8,11-13,15-16H2,1H3,(H,30,34)/t19-,24?/m0/s1. The Hall–Kier alpha value is -3.63. The van der Waals surface area contributed by atoms with Crippen LogP contribution in [0.25, 0.3) is 0 Å². The minimum atomic E-state index is -0.394. The fraction of sp³-hybridized carbons (Fsp3) is 0.357. The highest BCUT2D eigenvalue weighted by atomic mass is 35.5. The van der Waals surface area contributed by atoms with E-state index in [4.69, 9.17) is 21.1 Å². The van der Waals surface area contributed by atoms with E-state index in [1.165, 1.54) is 11.3 Å². The van der Waals surface area contributed by atoms with Crippen molar-refractivity contribution in [1.82, 2.24) is 20.1 Å². The molecule has 1 aromatic heterocycles. The summed E-state index contributed by atoms with van der Waals surface area (Å²) in [4.78, 5) is 46.6. The van der Waals surface area contributed by atoms with Crippen molar-refractivity contribution in [3.8, 4) is 5.75 Å². The molecule has 1 N–H and O–H groups in total. The maximum Gasteiger partial charge on any atom is 0.410 e. The second-order valence-electron chi connectivity index (χ2n) is 9.52. The number of nitrogens with one attached hydrogen (secondary N) is 1. The number of ether oxygens (including phenoxy) is 2. The zero-order chi connectivity index (χ0) is 27.4. The molecule has 11 heteroatoms. The minimum Gasteiger partial charge on any atom is -0.497 e. The van der Waals surface area contributed by atoms with Crippen LogP contribution in [0.2, 0.25) is 5.02 Å². The van der Waals surface area contributed by atoms with E-state index in [9.17, 15) is 14.4 Å². The molecule has 39 heavy (non-hydrogen) atoms. The Morgan fingerprint density at radius 3 is 2.72 bits per heavy atom. The smallest absolute Gasteiger partial charge is 0.410 e. The zero-order valence-corrected chi connectivity index (χ0v) is 23.0. The molecule has 3 heterocycles. The van der Waals surface area contributed by atoms with E-state index in [1.807, 2.05) is 30.3 Å². The van der Waals surface area contributed by atoms with Crippen molar-refractivity contribution in [2.24, 2.45) is 0 Å². The topological polar surface area (TPSA) is 101 Å². The van der Waals surface area contributed by atoms with Gasteiger partial charge >= 0.3 is 6.09 Å². The number of nitrogens with zero attached hydrogens (tertiary/aromatic N) is 3. The van der Waals surface area contributed by atoms with E-state index >= 15 is 0 Å². The van der Waals surface area contributed by atoms with Gasteiger partial charge in [-0.2, -0.15) is 0 Å². The molecule has 204 valence electrons. The SMILES string of the molecule is COc1ccc(C(=O)N2CCCC2c2nc(C(=O)N[C@H]3CCN(C(=O)OCc4ccccc4)C3)cs2)c(Cl)c1. The summed E-state index contributed by atoms with van der Waals surface area (Å²) < 4.78 is 10.6. The number of likely N-dealkylation sites (tertiary alicyclic amines) is 2. The molecule has 0 radical (unpaired) electrons. The summed E-state index contributed by atoms with van der Waals surface area (Å²) in [6.45, 7) is 1.68. The van der Waals surface area contributed by atoms with Crippen LogP contribution in [0.1, 0.15) is 56.7 Å². The van der Waals surface area contributed by atoms with Crippen molar-refractivity contribution in [2.45, 2.75) is 38.0 Å². The van der Waals surface area contributed by atoms with Crippen molar-refractivity contribution < 1.29 is 23.9 Å². The summed E-state index contributed by atoms with van der Waals surface area (Å²) in [6.07, 6.45) is 1.84. The van der Waals surface area contributed by atoms with Crippen LogP contribution in [0.5, 0.6) is 5.75 Å². The zero-order valence-electron chi connectivity index (χ0n) is 21.5. The first-order valence-electron chi connectivity index (χ1n) is 12.8. The van der Waals surface area contributed by atoms with E-state index in [2.05, 4.69) is 10.3 Å². The molecule has 2 fully saturated rings. The van der Waals surface area contributed by atoms with E-state index in [1.54, 1.807) is 40.5 Å². The van der Waals surface area contributed by atoms with Crippen LogP contribution in [0.4, 0.5) is 4.79 Å². The Bertz CT molecular complexity index is 1350. The van der Waals surface area contributed by atoms with Gasteiger partial charge in [-0.1, -0.05) is 41.9 Å². The first-order valence-corrected chi connectivity index (χ1v) is 14.0. The summed E-state index contributed by atoms with van der Waals surface area (Å²) in [5.41, 5.74) is 1.64. The Labute approximate surface area is 235 Å². The molecule has 3 amide bonds. The Balaban J connectivity index is 1.16. The quantitative estimate of drug-likeness (QED) is 0.434. The van der Waals surface area contributed by atoms with Crippen LogP contribution in [0, 0.1) is 0 Å². The number of methoxy groups -OCH3 is 1. The molecular weight excluding hydrogens is 540 g/mol. The largest absolute Gasteiger partial charge is 0.497 e. The number of rotatable bonds is 7. The second kappa shape index (κ2) is 12.0. The van der Waals surface area contributed by atoms with Crippen LogP contribution in [-0.4, -0.2) is 65.5 Å². The Morgan fingerprint density at radius 1 is 1.13 bits per heavy atom. The minimum absolute atomic E-state index is 0.170. The molecule has 2 aliphatic rings. The second-order valence-corrected chi connectivity index (χ2v) is 10.8. The highest BCUT2D eigenvalue weighted by Crippen LogP contribution is 2.36. The molecule has 0 spiro atoms. The third-order valence-corrected chi connectivity index (χ3v) is 8.21. The lowest BCUT2D eigenvalue weighted by molar-refractivity contribution is 0.0735. The monoisotopic (exact) mass is 568 g/mol. The molecule has 5 rings (SSSR count). The van der Waals surface area contributed by atoms with Gasteiger partial charge in [0.15, 0.2) is 0 Å². The summed E-state index contributed by atoms with van der Waals surface area (Å²) in [5, 5.41) is 5.74. The predicted octanol–water partition coefficient (Wildman–Crippen LogP) is 4.92. The maximum atomic E-state index is 13.3. The summed E-state index contributed by atoms with van der Waals surface area (Å²) in [7, 11) is 1.55. The number of thiazole rings is 1. The average Bonchev–Trinajstić information content (AvgIpc) is 3.72. The molecule has 9 nitrogen and oxygen atoms in total. The highest BCUT2D eigenvalue weighted by Gasteiger charge is 2.34. The first kappa shape index (κ1) is 27.0. The van der Waals surface area contributed by atoms with Gasteiger partial charge in [0.05, 0.1) is 23.7 Å². The van der Waals surface area contributed by atoms with Crippen LogP contribution >= 0.6 is 22.9 Å². The van der Waals surface area contributed by atoms with Gasteiger partial charge in [-0.05, 0) is 43.0 Å². The number of amides is 3. The van der Waals surface area contributed by atoms with Gasteiger partial charge in [-0.25, -0.2) is 9.78 Å².